The molecule has 0 N–H and O–H groups in total. The average molecular weight is 624 g/mol. The number of hydrogen-bond acceptors (Lipinski definition) is 1. The van der Waals surface area contributed by atoms with Crippen molar-refractivity contribution in [3.8, 4) is 55.8 Å². The highest BCUT2D eigenvalue weighted by atomic mass is 16.3. The highest BCUT2D eigenvalue weighted by Gasteiger charge is 2.25. The molecule has 1 heterocycles. The fraction of sp³-hybridized carbons (Fsp3) is 0. The first-order chi connectivity index (χ1) is 33.7. The Morgan fingerprint density at radius 1 is 0.362 bits per heavy atom. The zero-order valence-corrected chi connectivity index (χ0v) is 23.8. The van der Waals surface area contributed by atoms with E-state index in [9.17, 15) is 12.3 Å². The number of furan rings is 1. The van der Waals surface area contributed by atoms with Crippen LogP contribution in [-0.4, -0.2) is 0 Å². The van der Waals surface area contributed by atoms with Crippen LogP contribution < -0.4 is 0 Å². The summed E-state index contributed by atoms with van der Waals surface area (Å²) in [5.74, 6) is -0.728. The Morgan fingerprint density at radius 3 is 1.53 bits per heavy atom. The van der Waals surface area contributed by atoms with E-state index in [-0.39, 0.29) is 11.1 Å². The maximum absolute atomic E-state index is 9.96. The van der Waals surface area contributed by atoms with Crippen LogP contribution in [0.25, 0.3) is 88.3 Å². The smallest absolute Gasteiger partial charge is 0.143 e. The minimum absolute atomic E-state index is 0.124. The van der Waals surface area contributed by atoms with Crippen LogP contribution in [0, 0.1) is 0 Å². The highest BCUT2D eigenvalue weighted by Crippen LogP contribution is 2.51. The van der Waals surface area contributed by atoms with Gasteiger partial charge in [-0.15, -0.1) is 0 Å². The first kappa shape index (κ1) is 11.9. The summed E-state index contributed by atoms with van der Waals surface area (Å²) < 4.78 is 232. The third-order valence-corrected chi connectivity index (χ3v) is 7.56. The van der Waals surface area contributed by atoms with Gasteiger partial charge in [-0.05, 0) is 67.0 Å². The van der Waals surface area contributed by atoms with Crippen LogP contribution in [0.5, 0.6) is 0 Å². The van der Waals surface area contributed by atoms with Gasteiger partial charge in [0, 0.05) is 22.1 Å². The molecule has 8 aromatic carbocycles. The van der Waals surface area contributed by atoms with E-state index in [2.05, 4.69) is 0 Å². The first-order valence-electron chi connectivity index (χ1n) is 26.6. The van der Waals surface area contributed by atoms with Crippen LogP contribution in [0.2, 0.25) is 0 Å². The van der Waals surface area contributed by atoms with Crippen molar-refractivity contribution < 1.29 is 38.7 Å². The van der Waals surface area contributed by atoms with E-state index in [1.54, 1.807) is 6.07 Å². The van der Waals surface area contributed by atoms with E-state index < -0.39 is 228 Å². The van der Waals surface area contributed by atoms with Gasteiger partial charge in [0.2, 0.25) is 0 Å². The molecule has 0 fully saturated rings. The zero-order chi connectivity index (χ0) is 52.9. The van der Waals surface area contributed by atoms with Crippen molar-refractivity contribution in [3.63, 3.8) is 0 Å². The number of rotatable bonds is 5. The summed E-state index contributed by atoms with van der Waals surface area (Å²) in [5, 5.41) is -3.50. The van der Waals surface area contributed by atoms with Gasteiger partial charge in [-0.2, -0.15) is 0 Å². The standard InChI is InChI=1S/C46H30O/c1-4-16-31(17-5-1)34-28-29-42-41(30-34)45(46(47-42)40-27-15-10-22-35(40)32-18-6-2-7-19-32)44-38-25-13-11-23-36(38)43(33-20-8-3-9-21-33)37-24-12-14-26-39(37)44/h1-30H/i1D,3D,4D,5D,8D,9D,10D,11D,12D,13D,14D,15D,16D,17D,20D,21D,22D,23D,24D,25D,26D,27D,28D,29D,30D. The fourth-order valence-electron chi connectivity index (χ4n) is 5.63. The predicted molar refractivity (Wildman–Crippen MR) is 198 cm³/mol. The summed E-state index contributed by atoms with van der Waals surface area (Å²) in [7, 11) is 0. The topological polar surface area (TPSA) is 13.1 Å². The van der Waals surface area contributed by atoms with E-state index >= 15 is 0 Å². The monoisotopic (exact) mass is 623 g/mol. The first-order valence-corrected chi connectivity index (χ1v) is 14.1. The Kier molecular flexibility index (Phi) is 2.86. The van der Waals surface area contributed by atoms with Crippen LogP contribution in [-0.2, 0) is 0 Å². The fourth-order valence-corrected chi connectivity index (χ4v) is 5.63. The third kappa shape index (κ3) is 4.56. The lowest BCUT2D eigenvalue weighted by atomic mass is 9.84. The molecule has 1 heteroatoms. The molecule has 47 heavy (non-hydrogen) atoms. The molecule has 0 aliphatic rings. The van der Waals surface area contributed by atoms with E-state index in [0.717, 1.165) is 0 Å². The van der Waals surface area contributed by atoms with E-state index in [0.29, 0.717) is 0 Å². The summed E-state index contributed by atoms with van der Waals surface area (Å²) in [4.78, 5) is 0. The Hall–Kier alpha value is -6.18. The molecule has 0 spiro atoms. The van der Waals surface area contributed by atoms with Crippen molar-refractivity contribution in [2.45, 2.75) is 0 Å². The molecule has 0 saturated carbocycles. The Balaban J connectivity index is 1.72. The lowest BCUT2D eigenvalue weighted by Crippen LogP contribution is -1.92. The van der Waals surface area contributed by atoms with Crippen LogP contribution in [0.3, 0.4) is 0 Å². The molecule has 0 bridgehead atoms. The second-order valence-corrected chi connectivity index (χ2v) is 10.1. The minimum Gasteiger partial charge on any atom is -0.455 e. The van der Waals surface area contributed by atoms with Crippen molar-refractivity contribution in [2.75, 3.05) is 0 Å². The molecule has 0 aliphatic heterocycles. The average Bonchev–Trinajstić information content (AvgIpc) is 3.76. The largest absolute Gasteiger partial charge is 0.455 e. The van der Waals surface area contributed by atoms with Gasteiger partial charge in [0.1, 0.15) is 11.3 Å². The maximum atomic E-state index is 9.96. The molecule has 0 aliphatic carbocycles. The van der Waals surface area contributed by atoms with Gasteiger partial charge in [0.15, 0.2) is 0 Å². The molecule has 1 aromatic heterocycles. The number of hydrogen-bond donors (Lipinski definition) is 0. The quantitative estimate of drug-likeness (QED) is 0.174. The minimum atomic E-state index is -0.984. The van der Waals surface area contributed by atoms with Crippen molar-refractivity contribution in [2.24, 2.45) is 0 Å². The van der Waals surface area contributed by atoms with Gasteiger partial charge in [-0.1, -0.05) is 169 Å². The molecule has 9 aromatic rings. The van der Waals surface area contributed by atoms with Crippen LogP contribution >= 0.6 is 0 Å². The second kappa shape index (κ2) is 11.3. The molecule has 9 rings (SSSR count). The molecule has 0 unspecified atom stereocenters. The van der Waals surface area contributed by atoms with Crippen LogP contribution in [0.1, 0.15) is 34.3 Å². The van der Waals surface area contributed by atoms with E-state index in [1.807, 2.05) is 0 Å². The van der Waals surface area contributed by atoms with Gasteiger partial charge in [-0.3, -0.25) is 0 Å². The molecule has 0 atom stereocenters. The molecular formula is C46H30O. The van der Waals surface area contributed by atoms with Crippen molar-refractivity contribution >= 4 is 32.5 Å². The van der Waals surface area contributed by atoms with Crippen LogP contribution in [0.15, 0.2) is 186 Å². The van der Waals surface area contributed by atoms with Crippen molar-refractivity contribution in [3.05, 3.63) is 181 Å². The van der Waals surface area contributed by atoms with E-state index in [4.69, 9.17) is 26.3 Å². The summed E-state index contributed by atoms with van der Waals surface area (Å²) in [5.41, 5.74) is -5.75. The van der Waals surface area contributed by atoms with Crippen molar-refractivity contribution in [1.29, 1.82) is 0 Å². The van der Waals surface area contributed by atoms with Gasteiger partial charge in [0.25, 0.3) is 0 Å². The van der Waals surface area contributed by atoms with Gasteiger partial charge < -0.3 is 4.42 Å². The Bertz CT molecular complexity index is 3840. The van der Waals surface area contributed by atoms with Crippen molar-refractivity contribution in [1.82, 2.24) is 0 Å². The van der Waals surface area contributed by atoms with Gasteiger partial charge in [-0.25, -0.2) is 0 Å². The maximum Gasteiger partial charge on any atom is 0.143 e. The van der Waals surface area contributed by atoms with Gasteiger partial charge in [0.05, 0.1) is 34.3 Å². The summed E-state index contributed by atoms with van der Waals surface area (Å²) in [6.45, 7) is 0. The molecule has 0 radical (unpaired) electrons. The molecular weight excluding hydrogens is 569 g/mol. The lowest BCUT2D eigenvalue weighted by molar-refractivity contribution is 0.633. The second-order valence-electron chi connectivity index (χ2n) is 10.1. The summed E-state index contributed by atoms with van der Waals surface area (Å²) >= 11 is 0. The Morgan fingerprint density at radius 2 is 0.894 bits per heavy atom. The molecule has 1 nitrogen and oxygen atoms in total. The van der Waals surface area contributed by atoms with E-state index in [1.165, 1.54) is 24.3 Å². The normalized spacial score (nSPS) is 18.9. The Labute approximate surface area is 309 Å². The number of benzene rings is 8. The predicted octanol–water partition coefficient (Wildman–Crippen LogP) is 13.1. The van der Waals surface area contributed by atoms with Gasteiger partial charge >= 0.3 is 0 Å². The SMILES string of the molecule is [2H]c1c([2H])c([2H])c(-c2c([2H])c([2H])c3oc(-c4c([2H])c([2H])c([2H])c([2H])c4-c4ccccc4)c(-c4c5c([2H])c([2H])c([2H])c([2H])c5c(-c5c([2H])c([2H])c([2H])c([2H])c5[2H])c5c([2H])c([2H])c([2H])c([2H])c45)c3c2[2H])c([2H])c1[2H]. The highest BCUT2D eigenvalue weighted by molar-refractivity contribution is 6.25. The third-order valence-electron chi connectivity index (χ3n) is 7.56. The summed E-state index contributed by atoms with van der Waals surface area (Å²) in [6.07, 6.45) is 0. The number of fused-ring (bicyclic) bond motifs is 3. The lowest BCUT2D eigenvalue weighted by Gasteiger charge is -2.18. The summed E-state index contributed by atoms with van der Waals surface area (Å²) in [6, 6.07) is -15.3. The zero-order valence-electron chi connectivity index (χ0n) is 48.8. The molecule has 0 saturated heterocycles. The molecule has 220 valence electrons. The molecule has 0 amide bonds. The van der Waals surface area contributed by atoms with Crippen LogP contribution in [0.4, 0.5) is 0 Å².